The van der Waals surface area contributed by atoms with Crippen molar-refractivity contribution in [3.05, 3.63) is 11.9 Å². The molecule has 5 heteroatoms. The third-order valence-corrected chi connectivity index (χ3v) is 2.54. The van der Waals surface area contributed by atoms with Crippen LogP contribution in [0.15, 0.2) is 6.07 Å². The molecule has 0 bridgehead atoms. The molecule has 1 aromatic rings. The molecule has 16 heavy (non-hydrogen) atoms. The number of aromatic nitrogens is 2. The van der Waals surface area contributed by atoms with Gasteiger partial charge in [-0.2, -0.15) is 4.98 Å². The van der Waals surface area contributed by atoms with Crippen LogP contribution < -0.4 is 10.5 Å². The molecule has 5 nitrogen and oxygen atoms in total. The maximum absolute atomic E-state index is 5.77. The van der Waals surface area contributed by atoms with Crippen LogP contribution in [-0.4, -0.2) is 29.3 Å². The van der Waals surface area contributed by atoms with E-state index in [1.807, 2.05) is 6.92 Å². The number of hydrogen-bond acceptors (Lipinski definition) is 5. The molecule has 1 aliphatic heterocycles. The minimum atomic E-state index is 0.188. The molecule has 0 saturated carbocycles. The van der Waals surface area contributed by atoms with Crippen molar-refractivity contribution in [3.8, 4) is 5.88 Å². The monoisotopic (exact) mass is 223 g/mol. The van der Waals surface area contributed by atoms with Crippen molar-refractivity contribution in [2.24, 2.45) is 0 Å². The largest absolute Gasteiger partial charge is 0.474 e. The molecule has 0 aliphatic carbocycles. The molecule has 2 rings (SSSR count). The summed E-state index contributed by atoms with van der Waals surface area (Å²) in [6.45, 7) is 3.50. The van der Waals surface area contributed by atoms with E-state index in [9.17, 15) is 0 Å². The highest BCUT2D eigenvalue weighted by molar-refractivity contribution is 5.32. The van der Waals surface area contributed by atoms with Gasteiger partial charge >= 0.3 is 0 Å². The standard InChI is InChI=1S/C11H17N3O2/c1-2-10-13-9(12)7-11(14-10)16-8-3-5-15-6-4-8/h7-8H,2-6H2,1H3,(H2,12,13,14). The van der Waals surface area contributed by atoms with Crippen molar-refractivity contribution < 1.29 is 9.47 Å². The molecule has 88 valence electrons. The maximum atomic E-state index is 5.77. The fraction of sp³-hybridized carbons (Fsp3) is 0.636. The van der Waals surface area contributed by atoms with E-state index in [2.05, 4.69) is 9.97 Å². The lowest BCUT2D eigenvalue weighted by Crippen LogP contribution is -2.26. The number of anilines is 1. The predicted octanol–water partition coefficient (Wildman–Crippen LogP) is 1.18. The van der Waals surface area contributed by atoms with Crippen LogP contribution in [0.2, 0.25) is 0 Å². The second-order valence-corrected chi connectivity index (χ2v) is 3.83. The number of hydrogen-bond donors (Lipinski definition) is 1. The van der Waals surface area contributed by atoms with E-state index in [4.69, 9.17) is 15.2 Å². The van der Waals surface area contributed by atoms with Crippen LogP contribution in [0.1, 0.15) is 25.6 Å². The summed E-state index contributed by atoms with van der Waals surface area (Å²) in [6, 6.07) is 1.68. The molecule has 0 spiro atoms. The Hall–Kier alpha value is -1.36. The average Bonchev–Trinajstić information content (AvgIpc) is 2.29. The second-order valence-electron chi connectivity index (χ2n) is 3.83. The molecule has 0 atom stereocenters. The van der Waals surface area contributed by atoms with Crippen molar-refractivity contribution in [2.75, 3.05) is 18.9 Å². The van der Waals surface area contributed by atoms with Gasteiger partial charge < -0.3 is 15.2 Å². The first-order valence-electron chi connectivity index (χ1n) is 5.65. The lowest BCUT2D eigenvalue weighted by atomic mass is 10.1. The van der Waals surface area contributed by atoms with E-state index in [0.29, 0.717) is 11.7 Å². The molecule has 2 heterocycles. The molecule has 1 fully saturated rings. The van der Waals surface area contributed by atoms with Crippen molar-refractivity contribution in [3.63, 3.8) is 0 Å². The molecular weight excluding hydrogens is 206 g/mol. The number of rotatable bonds is 3. The molecule has 0 radical (unpaired) electrons. The number of ether oxygens (including phenoxy) is 2. The van der Waals surface area contributed by atoms with Crippen molar-refractivity contribution in [1.29, 1.82) is 0 Å². The average molecular weight is 223 g/mol. The summed E-state index contributed by atoms with van der Waals surface area (Å²) in [5.41, 5.74) is 5.68. The summed E-state index contributed by atoms with van der Waals surface area (Å²) >= 11 is 0. The zero-order chi connectivity index (χ0) is 11.4. The second kappa shape index (κ2) is 5.12. The van der Waals surface area contributed by atoms with Crippen LogP contribution in [0.5, 0.6) is 5.88 Å². The van der Waals surface area contributed by atoms with Gasteiger partial charge in [-0.25, -0.2) is 4.98 Å². The molecule has 0 unspecified atom stereocenters. The first kappa shape index (κ1) is 11.1. The zero-order valence-corrected chi connectivity index (χ0v) is 9.48. The Morgan fingerprint density at radius 2 is 2.19 bits per heavy atom. The lowest BCUT2D eigenvalue weighted by Gasteiger charge is -2.22. The van der Waals surface area contributed by atoms with Gasteiger partial charge in [-0.3, -0.25) is 0 Å². The molecule has 2 N–H and O–H groups in total. The smallest absolute Gasteiger partial charge is 0.218 e. The Bertz CT molecular complexity index is 351. The Morgan fingerprint density at radius 1 is 1.44 bits per heavy atom. The van der Waals surface area contributed by atoms with Crippen molar-refractivity contribution in [1.82, 2.24) is 9.97 Å². The Balaban J connectivity index is 2.04. The fourth-order valence-electron chi connectivity index (χ4n) is 1.68. The summed E-state index contributed by atoms with van der Waals surface area (Å²) in [5.74, 6) is 1.77. The van der Waals surface area contributed by atoms with Gasteiger partial charge in [-0.15, -0.1) is 0 Å². The van der Waals surface area contributed by atoms with E-state index < -0.39 is 0 Å². The van der Waals surface area contributed by atoms with Gasteiger partial charge in [0.05, 0.1) is 13.2 Å². The lowest BCUT2D eigenvalue weighted by molar-refractivity contribution is 0.0236. The predicted molar refractivity (Wildman–Crippen MR) is 60.3 cm³/mol. The number of nitrogen functional groups attached to an aromatic ring is 1. The van der Waals surface area contributed by atoms with Crippen LogP contribution in [0.4, 0.5) is 5.82 Å². The zero-order valence-electron chi connectivity index (χ0n) is 9.48. The van der Waals surface area contributed by atoms with Crippen LogP contribution in [0, 0.1) is 0 Å². The van der Waals surface area contributed by atoms with Gasteiger partial charge in [0, 0.05) is 25.3 Å². The highest BCUT2D eigenvalue weighted by Gasteiger charge is 2.16. The first-order chi connectivity index (χ1) is 7.78. The normalized spacial score (nSPS) is 17.3. The van der Waals surface area contributed by atoms with Crippen LogP contribution in [0.25, 0.3) is 0 Å². The molecular formula is C11H17N3O2. The number of aryl methyl sites for hydroxylation is 1. The van der Waals surface area contributed by atoms with E-state index in [1.54, 1.807) is 6.07 Å². The SMILES string of the molecule is CCc1nc(N)cc(OC2CCOCC2)n1. The fourth-order valence-corrected chi connectivity index (χ4v) is 1.68. The summed E-state index contributed by atoms with van der Waals surface area (Å²) in [4.78, 5) is 8.40. The van der Waals surface area contributed by atoms with Crippen molar-refractivity contribution >= 4 is 5.82 Å². The third-order valence-electron chi connectivity index (χ3n) is 2.54. The van der Waals surface area contributed by atoms with Crippen LogP contribution in [0.3, 0.4) is 0 Å². The molecule has 1 aliphatic rings. The summed E-state index contributed by atoms with van der Waals surface area (Å²) in [6.07, 6.45) is 2.76. The number of nitrogens with zero attached hydrogens (tertiary/aromatic N) is 2. The van der Waals surface area contributed by atoms with Crippen molar-refractivity contribution in [2.45, 2.75) is 32.3 Å². The Morgan fingerprint density at radius 3 is 2.88 bits per heavy atom. The van der Waals surface area contributed by atoms with Gasteiger partial charge in [0.15, 0.2) is 0 Å². The highest BCUT2D eigenvalue weighted by Crippen LogP contribution is 2.17. The molecule has 0 amide bonds. The van der Waals surface area contributed by atoms with Gasteiger partial charge in [-0.05, 0) is 0 Å². The molecule has 1 saturated heterocycles. The molecule has 1 aromatic heterocycles. The Labute approximate surface area is 95.0 Å². The molecule has 0 aromatic carbocycles. The van der Waals surface area contributed by atoms with Gasteiger partial charge in [0.25, 0.3) is 0 Å². The quantitative estimate of drug-likeness (QED) is 0.833. The first-order valence-corrected chi connectivity index (χ1v) is 5.65. The number of nitrogens with two attached hydrogens (primary N) is 1. The van der Waals surface area contributed by atoms with E-state index in [0.717, 1.165) is 38.3 Å². The summed E-state index contributed by atoms with van der Waals surface area (Å²) in [7, 11) is 0. The minimum absolute atomic E-state index is 0.188. The van der Waals surface area contributed by atoms with E-state index in [1.165, 1.54) is 0 Å². The summed E-state index contributed by atoms with van der Waals surface area (Å²) in [5, 5.41) is 0. The maximum Gasteiger partial charge on any atom is 0.218 e. The van der Waals surface area contributed by atoms with Gasteiger partial charge in [-0.1, -0.05) is 6.92 Å². The van der Waals surface area contributed by atoms with Crippen LogP contribution in [-0.2, 0) is 11.2 Å². The Kier molecular flexibility index (Phi) is 3.56. The van der Waals surface area contributed by atoms with Gasteiger partial charge in [0.2, 0.25) is 5.88 Å². The topological polar surface area (TPSA) is 70.3 Å². The highest BCUT2D eigenvalue weighted by atomic mass is 16.5. The summed E-state index contributed by atoms with van der Waals surface area (Å²) < 4.78 is 11.0. The minimum Gasteiger partial charge on any atom is -0.474 e. The van der Waals surface area contributed by atoms with E-state index in [-0.39, 0.29) is 6.10 Å². The van der Waals surface area contributed by atoms with E-state index >= 15 is 0 Å². The van der Waals surface area contributed by atoms with Crippen LogP contribution >= 0.6 is 0 Å². The van der Waals surface area contributed by atoms with Gasteiger partial charge in [0.1, 0.15) is 17.7 Å². The third kappa shape index (κ3) is 2.82.